The molecule has 4 rings (SSSR count). The van der Waals surface area contributed by atoms with Gasteiger partial charge in [-0.25, -0.2) is 4.79 Å². The quantitative estimate of drug-likeness (QED) is 0.449. The van der Waals surface area contributed by atoms with Crippen LogP contribution >= 0.6 is 0 Å². The van der Waals surface area contributed by atoms with E-state index >= 15 is 0 Å². The van der Waals surface area contributed by atoms with Gasteiger partial charge in [0.2, 0.25) is 5.76 Å². The molecule has 8 heteroatoms. The highest BCUT2D eigenvalue weighted by Crippen LogP contribution is 2.28. The van der Waals surface area contributed by atoms with Crippen molar-refractivity contribution in [2.75, 3.05) is 6.61 Å². The van der Waals surface area contributed by atoms with E-state index in [9.17, 15) is 14.4 Å². The van der Waals surface area contributed by atoms with Gasteiger partial charge in [-0.1, -0.05) is 36.4 Å². The summed E-state index contributed by atoms with van der Waals surface area (Å²) in [6.45, 7) is -0.561. The number of aryl methyl sites for hydroxylation is 1. The summed E-state index contributed by atoms with van der Waals surface area (Å²) in [6.07, 6.45) is 1.68. The summed E-state index contributed by atoms with van der Waals surface area (Å²) in [7, 11) is 1.68. The van der Waals surface area contributed by atoms with Crippen LogP contribution < -0.4 is 10.1 Å². The van der Waals surface area contributed by atoms with Gasteiger partial charge in [0.1, 0.15) is 23.6 Å². The number of benzene rings is 2. The van der Waals surface area contributed by atoms with Gasteiger partial charge in [-0.2, -0.15) is 0 Å². The van der Waals surface area contributed by atoms with Gasteiger partial charge >= 0.3 is 5.97 Å². The van der Waals surface area contributed by atoms with Crippen LogP contribution in [0.25, 0.3) is 11.0 Å². The van der Waals surface area contributed by atoms with Gasteiger partial charge in [-0.3, -0.25) is 14.9 Å². The van der Waals surface area contributed by atoms with Gasteiger partial charge < -0.3 is 18.5 Å². The lowest BCUT2D eigenvalue weighted by molar-refractivity contribution is -0.123. The van der Waals surface area contributed by atoms with Crippen LogP contribution in [0.4, 0.5) is 0 Å². The Morgan fingerprint density at radius 2 is 1.72 bits per heavy atom. The predicted molar refractivity (Wildman–Crippen MR) is 115 cm³/mol. The van der Waals surface area contributed by atoms with E-state index in [0.717, 1.165) is 0 Å². The van der Waals surface area contributed by atoms with Crippen LogP contribution in [0.15, 0.2) is 77.3 Å². The summed E-state index contributed by atoms with van der Waals surface area (Å²) in [5, 5.41) is 2.89. The minimum absolute atomic E-state index is 0.0521. The Bertz CT molecular complexity index is 1270. The standard InChI is InChI=1S/C24H20N2O6/c1-26-13-7-11-19(26)23(28)25-21(27)15-31-24(29)22-18(14-30-16-8-3-2-4-9-16)17-10-5-6-12-20(17)32-22/h2-13H,14-15H2,1H3,(H,25,27,28). The second kappa shape index (κ2) is 9.22. The van der Waals surface area contributed by atoms with Crippen molar-refractivity contribution in [2.45, 2.75) is 6.61 Å². The van der Waals surface area contributed by atoms with E-state index in [0.29, 0.717) is 28.0 Å². The fourth-order valence-corrected chi connectivity index (χ4v) is 3.20. The molecule has 0 unspecified atom stereocenters. The number of rotatable bonds is 7. The van der Waals surface area contributed by atoms with E-state index in [1.54, 1.807) is 54.2 Å². The number of hydrogen-bond acceptors (Lipinski definition) is 6. The largest absolute Gasteiger partial charge is 0.489 e. The number of fused-ring (bicyclic) bond motifs is 1. The van der Waals surface area contributed by atoms with Crippen molar-refractivity contribution in [1.29, 1.82) is 0 Å². The molecule has 2 aromatic carbocycles. The van der Waals surface area contributed by atoms with Crippen molar-refractivity contribution in [3.63, 3.8) is 0 Å². The van der Waals surface area contributed by atoms with Gasteiger partial charge in [-0.05, 0) is 30.3 Å². The number of imide groups is 1. The molecule has 2 amide bonds. The molecule has 0 saturated carbocycles. The van der Waals surface area contributed by atoms with Crippen LogP contribution in [0, 0.1) is 0 Å². The van der Waals surface area contributed by atoms with Crippen LogP contribution in [0.5, 0.6) is 5.75 Å². The second-order valence-corrected chi connectivity index (χ2v) is 6.97. The lowest BCUT2D eigenvalue weighted by atomic mass is 10.1. The number of furan rings is 1. The van der Waals surface area contributed by atoms with Gasteiger partial charge in [0.25, 0.3) is 11.8 Å². The third-order valence-electron chi connectivity index (χ3n) is 4.77. The summed E-state index contributed by atoms with van der Waals surface area (Å²) in [5.41, 5.74) is 1.31. The van der Waals surface area contributed by atoms with Crippen molar-refractivity contribution < 1.29 is 28.3 Å². The molecule has 32 heavy (non-hydrogen) atoms. The highest BCUT2D eigenvalue weighted by Gasteiger charge is 2.23. The Balaban J connectivity index is 1.45. The Hall–Kier alpha value is -4.33. The zero-order chi connectivity index (χ0) is 22.5. The first kappa shape index (κ1) is 20.9. The van der Waals surface area contributed by atoms with E-state index in [2.05, 4.69) is 5.32 Å². The topological polar surface area (TPSA) is 99.8 Å². The molecule has 0 radical (unpaired) electrons. The number of para-hydroxylation sites is 2. The molecule has 0 aliphatic carbocycles. The molecular weight excluding hydrogens is 412 g/mol. The van der Waals surface area contributed by atoms with Crippen LogP contribution in [0.3, 0.4) is 0 Å². The Labute approximate surface area is 183 Å². The Morgan fingerprint density at radius 3 is 2.47 bits per heavy atom. The summed E-state index contributed by atoms with van der Waals surface area (Å²) in [6, 6.07) is 19.5. The van der Waals surface area contributed by atoms with Crippen molar-refractivity contribution >= 4 is 28.8 Å². The molecule has 0 bridgehead atoms. The van der Waals surface area contributed by atoms with Crippen LogP contribution in [0.1, 0.15) is 26.6 Å². The van der Waals surface area contributed by atoms with Crippen LogP contribution in [0.2, 0.25) is 0 Å². The summed E-state index contributed by atoms with van der Waals surface area (Å²) < 4.78 is 18.1. The van der Waals surface area contributed by atoms with Gasteiger partial charge in [0.05, 0.1) is 5.56 Å². The molecule has 1 N–H and O–H groups in total. The molecule has 0 saturated heterocycles. The maximum absolute atomic E-state index is 12.7. The van der Waals surface area contributed by atoms with E-state index in [1.165, 1.54) is 0 Å². The predicted octanol–water partition coefficient (Wildman–Crippen LogP) is 3.46. The Kier molecular flexibility index (Phi) is 6.03. The second-order valence-electron chi connectivity index (χ2n) is 6.97. The molecular formula is C24H20N2O6. The number of esters is 1. The Morgan fingerprint density at radius 1 is 0.969 bits per heavy atom. The first-order valence-electron chi connectivity index (χ1n) is 9.84. The minimum atomic E-state index is -0.825. The van der Waals surface area contributed by atoms with E-state index < -0.39 is 24.4 Å². The molecule has 0 aliphatic rings. The monoisotopic (exact) mass is 432 g/mol. The summed E-state index contributed by atoms with van der Waals surface area (Å²) in [4.78, 5) is 36.9. The van der Waals surface area contributed by atoms with Crippen molar-refractivity contribution in [2.24, 2.45) is 7.05 Å². The molecule has 8 nitrogen and oxygen atoms in total. The van der Waals surface area contributed by atoms with Crippen LogP contribution in [-0.4, -0.2) is 29.0 Å². The lowest BCUT2D eigenvalue weighted by Crippen LogP contribution is -2.35. The number of hydrogen-bond donors (Lipinski definition) is 1. The van der Waals surface area contributed by atoms with E-state index in [4.69, 9.17) is 13.9 Å². The third kappa shape index (κ3) is 4.54. The average molecular weight is 432 g/mol. The number of carbonyl (C=O) groups excluding carboxylic acids is 3. The number of aromatic nitrogens is 1. The number of nitrogens with one attached hydrogen (secondary N) is 1. The molecule has 0 fully saturated rings. The molecule has 2 heterocycles. The first-order chi connectivity index (χ1) is 15.5. The third-order valence-corrected chi connectivity index (χ3v) is 4.77. The summed E-state index contributed by atoms with van der Waals surface area (Å²) in [5.74, 6) is -1.57. The molecule has 0 aliphatic heterocycles. The van der Waals surface area contributed by atoms with Crippen molar-refractivity contribution in [1.82, 2.24) is 9.88 Å². The molecule has 0 spiro atoms. The summed E-state index contributed by atoms with van der Waals surface area (Å²) >= 11 is 0. The zero-order valence-corrected chi connectivity index (χ0v) is 17.2. The fourth-order valence-electron chi connectivity index (χ4n) is 3.20. The minimum Gasteiger partial charge on any atom is -0.489 e. The zero-order valence-electron chi connectivity index (χ0n) is 17.2. The van der Waals surface area contributed by atoms with Gasteiger partial charge in [0.15, 0.2) is 6.61 Å². The SMILES string of the molecule is Cn1cccc1C(=O)NC(=O)COC(=O)c1oc2ccccc2c1COc1ccccc1. The van der Waals surface area contributed by atoms with E-state index in [1.807, 2.05) is 30.3 Å². The molecule has 162 valence electrons. The van der Waals surface area contributed by atoms with Gasteiger partial charge in [0, 0.05) is 18.6 Å². The van der Waals surface area contributed by atoms with Crippen molar-refractivity contribution in [3.8, 4) is 5.75 Å². The maximum Gasteiger partial charge on any atom is 0.375 e. The van der Waals surface area contributed by atoms with E-state index in [-0.39, 0.29) is 12.4 Å². The number of nitrogens with zero attached hydrogens (tertiary/aromatic N) is 1. The smallest absolute Gasteiger partial charge is 0.375 e. The number of carbonyl (C=O) groups is 3. The fraction of sp³-hybridized carbons (Fsp3) is 0.125. The average Bonchev–Trinajstić information content (AvgIpc) is 3.40. The normalized spacial score (nSPS) is 10.7. The number of ether oxygens (including phenoxy) is 2. The van der Waals surface area contributed by atoms with Crippen LogP contribution in [-0.2, 0) is 23.2 Å². The first-order valence-corrected chi connectivity index (χ1v) is 9.84. The number of amides is 2. The van der Waals surface area contributed by atoms with Gasteiger partial charge in [-0.15, -0.1) is 0 Å². The lowest BCUT2D eigenvalue weighted by Gasteiger charge is -2.08. The molecule has 4 aromatic rings. The molecule has 0 atom stereocenters. The highest BCUT2D eigenvalue weighted by molar-refractivity contribution is 6.05. The highest BCUT2D eigenvalue weighted by atomic mass is 16.5. The molecule has 2 aromatic heterocycles. The maximum atomic E-state index is 12.7. The van der Waals surface area contributed by atoms with Crippen molar-refractivity contribution in [3.05, 3.63) is 89.9 Å².